The van der Waals surface area contributed by atoms with Crippen molar-refractivity contribution in [1.82, 2.24) is 0 Å². The molecule has 138 valence electrons. The van der Waals surface area contributed by atoms with Gasteiger partial charge in [0.1, 0.15) is 0 Å². The Labute approximate surface area is 152 Å². The Kier molecular flexibility index (Phi) is 6.49. The maximum absolute atomic E-state index is 11.8. The summed E-state index contributed by atoms with van der Waals surface area (Å²) in [5.41, 5.74) is 1.31. The van der Waals surface area contributed by atoms with Gasteiger partial charge in [0, 0.05) is 0 Å². The molecule has 0 fully saturated rings. The summed E-state index contributed by atoms with van der Waals surface area (Å²) in [5, 5.41) is 9.66. The average molecular weight is 358 g/mol. The first-order valence-electron chi connectivity index (χ1n) is 8.02. The zero-order valence-electron chi connectivity index (χ0n) is 15.2. The molecule has 0 aliphatic rings. The molecule has 0 saturated carbocycles. The lowest BCUT2D eigenvalue weighted by Gasteiger charge is -2.12. The van der Waals surface area contributed by atoms with Crippen LogP contribution in [0.5, 0.6) is 23.0 Å². The summed E-state index contributed by atoms with van der Waals surface area (Å²) in [6.07, 6.45) is 1.57. The summed E-state index contributed by atoms with van der Waals surface area (Å²) in [6.45, 7) is 2.35. The number of benzene rings is 2. The number of hydrogen-bond donors (Lipinski definition) is 1. The molecule has 6 heteroatoms. The summed E-state index contributed by atoms with van der Waals surface area (Å²) in [7, 11) is 4.58. The van der Waals surface area contributed by atoms with Gasteiger partial charge in [-0.05, 0) is 48.4 Å². The second-order valence-electron chi connectivity index (χ2n) is 5.28. The maximum Gasteiger partial charge on any atom is 0.336 e. The first-order valence-corrected chi connectivity index (χ1v) is 8.02. The van der Waals surface area contributed by atoms with Gasteiger partial charge in [-0.25, -0.2) is 4.79 Å². The number of carboxylic acid groups (broad SMARTS) is 1. The predicted molar refractivity (Wildman–Crippen MR) is 99.2 cm³/mol. The second-order valence-corrected chi connectivity index (χ2v) is 5.28. The standard InChI is InChI=1S/C20H22O6/c1-5-26-19-11-13(6-8-17(19)24-3)10-15(20(21)22)14-7-9-16(23-2)18(12-14)25-4/h6-12H,5H2,1-4H3,(H,21,22)/b15-10+. The van der Waals surface area contributed by atoms with Crippen molar-refractivity contribution in [3.8, 4) is 23.0 Å². The molecule has 2 rings (SSSR count). The predicted octanol–water partition coefficient (Wildman–Crippen LogP) is 3.74. The minimum atomic E-state index is -1.05. The van der Waals surface area contributed by atoms with E-state index >= 15 is 0 Å². The summed E-state index contributed by atoms with van der Waals surface area (Å²) in [4.78, 5) is 11.8. The lowest BCUT2D eigenvalue weighted by Crippen LogP contribution is -2.01. The number of carbonyl (C=O) groups is 1. The van der Waals surface area contributed by atoms with Gasteiger partial charge < -0.3 is 24.1 Å². The summed E-state index contributed by atoms with van der Waals surface area (Å²) < 4.78 is 21.3. The smallest absolute Gasteiger partial charge is 0.336 e. The molecular formula is C20H22O6. The van der Waals surface area contributed by atoms with E-state index in [1.807, 2.05) is 6.92 Å². The topological polar surface area (TPSA) is 74.2 Å². The van der Waals surface area contributed by atoms with Crippen molar-refractivity contribution in [3.05, 3.63) is 47.5 Å². The Bertz CT molecular complexity index is 810. The van der Waals surface area contributed by atoms with Gasteiger partial charge in [-0.2, -0.15) is 0 Å². The highest BCUT2D eigenvalue weighted by molar-refractivity contribution is 6.20. The first-order chi connectivity index (χ1) is 12.5. The van der Waals surface area contributed by atoms with Crippen LogP contribution in [0.25, 0.3) is 11.6 Å². The SMILES string of the molecule is CCOc1cc(/C=C(/C(=O)O)c2ccc(OC)c(OC)c2)ccc1OC. The number of aliphatic carboxylic acids is 1. The number of rotatable bonds is 8. The van der Waals surface area contributed by atoms with E-state index < -0.39 is 5.97 Å². The van der Waals surface area contributed by atoms with E-state index in [4.69, 9.17) is 18.9 Å². The quantitative estimate of drug-likeness (QED) is 0.572. The van der Waals surface area contributed by atoms with Crippen LogP contribution < -0.4 is 18.9 Å². The van der Waals surface area contributed by atoms with Gasteiger partial charge in [-0.15, -0.1) is 0 Å². The zero-order chi connectivity index (χ0) is 19.1. The van der Waals surface area contributed by atoms with Crippen molar-refractivity contribution in [2.24, 2.45) is 0 Å². The summed E-state index contributed by atoms with van der Waals surface area (Å²) in [6, 6.07) is 10.2. The Morgan fingerprint density at radius 3 is 2.12 bits per heavy atom. The van der Waals surface area contributed by atoms with E-state index in [9.17, 15) is 9.90 Å². The van der Waals surface area contributed by atoms with Crippen molar-refractivity contribution < 1.29 is 28.8 Å². The van der Waals surface area contributed by atoms with Crippen molar-refractivity contribution >= 4 is 17.6 Å². The largest absolute Gasteiger partial charge is 0.493 e. The van der Waals surface area contributed by atoms with Crippen LogP contribution in [0.15, 0.2) is 36.4 Å². The van der Waals surface area contributed by atoms with Gasteiger partial charge >= 0.3 is 5.97 Å². The van der Waals surface area contributed by atoms with Gasteiger partial charge in [-0.1, -0.05) is 12.1 Å². The van der Waals surface area contributed by atoms with E-state index in [0.29, 0.717) is 40.7 Å². The van der Waals surface area contributed by atoms with E-state index in [0.717, 1.165) is 0 Å². The molecule has 0 spiro atoms. The van der Waals surface area contributed by atoms with E-state index in [-0.39, 0.29) is 5.57 Å². The summed E-state index contributed by atoms with van der Waals surface area (Å²) >= 11 is 0. The van der Waals surface area contributed by atoms with Crippen LogP contribution in [0.2, 0.25) is 0 Å². The molecule has 0 bridgehead atoms. The Hall–Kier alpha value is -3.15. The molecule has 0 heterocycles. The van der Waals surface area contributed by atoms with Crippen LogP contribution in [-0.2, 0) is 4.79 Å². The lowest BCUT2D eigenvalue weighted by atomic mass is 10.0. The van der Waals surface area contributed by atoms with Gasteiger partial charge in [0.2, 0.25) is 0 Å². The van der Waals surface area contributed by atoms with Gasteiger partial charge in [0.25, 0.3) is 0 Å². The van der Waals surface area contributed by atoms with Crippen molar-refractivity contribution in [3.63, 3.8) is 0 Å². The molecule has 2 aromatic carbocycles. The fourth-order valence-corrected chi connectivity index (χ4v) is 2.49. The number of methoxy groups -OCH3 is 3. The van der Waals surface area contributed by atoms with Crippen LogP contribution in [-0.4, -0.2) is 39.0 Å². The number of carboxylic acids is 1. The third kappa shape index (κ3) is 4.27. The van der Waals surface area contributed by atoms with Crippen LogP contribution in [0.1, 0.15) is 18.1 Å². The molecule has 2 aromatic rings. The molecule has 26 heavy (non-hydrogen) atoms. The van der Waals surface area contributed by atoms with Crippen molar-refractivity contribution in [2.75, 3.05) is 27.9 Å². The molecule has 0 aliphatic heterocycles. The third-order valence-corrected chi connectivity index (χ3v) is 3.72. The molecule has 0 radical (unpaired) electrons. The van der Waals surface area contributed by atoms with Gasteiger partial charge in [0.15, 0.2) is 23.0 Å². The average Bonchev–Trinajstić information content (AvgIpc) is 2.65. The van der Waals surface area contributed by atoms with E-state index in [1.165, 1.54) is 14.2 Å². The van der Waals surface area contributed by atoms with Crippen molar-refractivity contribution in [2.45, 2.75) is 6.92 Å². The maximum atomic E-state index is 11.8. The number of ether oxygens (including phenoxy) is 4. The first kappa shape index (κ1) is 19.2. The number of hydrogen-bond acceptors (Lipinski definition) is 5. The highest BCUT2D eigenvalue weighted by Crippen LogP contribution is 2.33. The normalized spacial score (nSPS) is 11.0. The minimum absolute atomic E-state index is 0.124. The highest BCUT2D eigenvalue weighted by atomic mass is 16.5. The minimum Gasteiger partial charge on any atom is -0.493 e. The van der Waals surface area contributed by atoms with Gasteiger partial charge in [-0.3, -0.25) is 0 Å². The van der Waals surface area contributed by atoms with Crippen LogP contribution >= 0.6 is 0 Å². The molecule has 0 amide bonds. The monoisotopic (exact) mass is 358 g/mol. The molecule has 1 N–H and O–H groups in total. The van der Waals surface area contributed by atoms with Gasteiger partial charge in [0.05, 0.1) is 33.5 Å². The van der Waals surface area contributed by atoms with E-state index in [2.05, 4.69) is 0 Å². The Balaban J connectivity index is 2.50. The Morgan fingerprint density at radius 1 is 0.923 bits per heavy atom. The molecule has 0 unspecified atom stereocenters. The van der Waals surface area contributed by atoms with Crippen molar-refractivity contribution in [1.29, 1.82) is 0 Å². The molecule has 0 aliphatic carbocycles. The third-order valence-electron chi connectivity index (χ3n) is 3.72. The van der Waals surface area contributed by atoms with Crippen LogP contribution in [0.3, 0.4) is 0 Å². The second kappa shape index (κ2) is 8.80. The molecular weight excluding hydrogens is 336 g/mol. The van der Waals surface area contributed by atoms with Crippen LogP contribution in [0, 0.1) is 0 Å². The zero-order valence-corrected chi connectivity index (χ0v) is 15.2. The molecule has 0 saturated heterocycles. The summed E-state index contributed by atoms with van der Waals surface area (Å²) in [5.74, 6) is 1.09. The highest BCUT2D eigenvalue weighted by Gasteiger charge is 2.15. The molecule has 0 atom stereocenters. The van der Waals surface area contributed by atoms with E-state index in [1.54, 1.807) is 49.6 Å². The fourth-order valence-electron chi connectivity index (χ4n) is 2.49. The fraction of sp³-hybridized carbons (Fsp3) is 0.250. The van der Waals surface area contributed by atoms with Crippen LogP contribution in [0.4, 0.5) is 0 Å². The molecule has 0 aromatic heterocycles. The molecule has 6 nitrogen and oxygen atoms in total. The Morgan fingerprint density at radius 2 is 1.54 bits per heavy atom. The lowest BCUT2D eigenvalue weighted by molar-refractivity contribution is -0.130.